The van der Waals surface area contributed by atoms with E-state index in [0.717, 1.165) is 45.3 Å². The lowest BCUT2D eigenvalue weighted by atomic mass is 9.83. The Morgan fingerprint density at radius 3 is 2.45 bits per heavy atom. The number of ether oxygens (including phenoxy) is 2. The van der Waals surface area contributed by atoms with Gasteiger partial charge in [0.25, 0.3) is 0 Å². The van der Waals surface area contributed by atoms with Crippen LogP contribution < -0.4 is 0 Å². The van der Waals surface area contributed by atoms with Gasteiger partial charge in [-0.15, -0.1) is 0 Å². The highest BCUT2D eigenvalue weighted by molar-refractivity contribution is 8.13. The van der Waals surface area contributed by atoms with Gasteiger partial charge in [0.05, 0.1) is 25.6 Å². The van der Waals surface area contributed by atoms with Crippen LogP contribution in [0.25, 0.3) is 0 Å². The first-order chi connectivity index (χ1) is 9.49. The van der Waals surface area contributed by atoms with Crippen LogP contribution in [0, 0.1) is 11.3 Å². The molecule has 1 aliphatic carbocycles. The molecule has 1 unspecified atom stereocenters. The van der Waals surface area contributed by atoms with Gasteiger partial charge in [0, 0.05) is 28.6 Å². The smallest absolute Gasteiger partial charge is 0.233 e. The van der Waals surface area contributed by atoms with Crippen LogP contribution in [0.1, 0.15) is 44.9 Å². The van der Waals surface area contributed by atoms with Crippen molar-refractivity contribution in [3.8, 4) is 0 Å². The predicted octanol–water partition coefficient (Wildman–Crippen LogP) is 2.95. The standard InChI is InChI=1S/C14H25ClO4S/c15-20(16,17)12-14(6-3-1-2-4-7-14)11-19-10-13-5-8-18-9-13/h13H,1-12H2. The van der Waals surface area contributed by atoms with Crippen molar-refractivity contribution in [1.82, 2.24) is 0 Å². The summed E-state index contributed by atoms with van der Waals surface area (Å²) < 4.78 is 34.2. The molecule has 0 N–H and O–H groups in total. The summed E-state index contributed by atoms with van der Waals surface area (Å²) in [6.45, 7) is 2.76. The number of hydrogen-bond donors (Lipinski definition) is 0. The Labute approximate surface area is 126 Å². The molecule has 20 heavy (non-hydrogen) atoms. The Balaban J connectivity index is 1.90. The van der Waals surface area contributed by atoms with E-state index in [1.165, 1.54) is 12.8 Å². The summed E-state index contributed by atoms with van der Waals surface area (Å²) in [6.07, 6.45) is 7.35. The SMILES string of the molecule is O=S(=O)(Cl)CC1(COCC2CCOC2)CCCCCC1. The second kappa shape index (κ2) is 7.43. The monoisotopic (exact) mass is 324 g/mol. The third-order valence-electron chi connectivity index (χ3n) is 4.43. The molecule has 0 amide bonds. The van der Waals surface area contributed by atoms with E-state index in [9.17, 15) is 8.42 Å². The molecule has 6 heteroatoms. The van der Waals surface area contributed by atoms with E-state index in [4.69, 9.17) is 20.2 Å². The summed E-state index contributed by atoms with van der Waals surface area (Å²) in [5.74, 6) is 0.508. The van der Waals surface area contributed by atoms with Crippen molar-refractivity contribution in [2.45, 2.75) is 44.9 Å². The Hall–Kier alpha value is 0.160. The van der Waals surface area contributed by atoms with Crippen molar-refractivity contribution in [3.63, 3.8) is 0 Å². The lowest BCUT2D eigenvalue weighted by Crippen LogP contribution is -2.34. The van der Waals surface area contributed by atoms with E-state index in [1.807, 2.05) is 0 Å². The lowest BCUT2D eigenvalue weighted by molar-refractivity contribution is 0.0245. The van der Waals surface area contributed by atoms with Crippen LogP contribution in [0.3, 0.4) is 0 Å². The molecule has 0 aromatic heterocycles. The minimum atomic E-state index is -3.48. The fraction of sp³-hybridized carbons (Fsp3) is 1.00. The van der Waals surface area contributed by atoms with Gasteiger partial charge < -0.3 is 9.47 Å². The van der Waals surface area contributed by atoms with Gasteiger partial charge in [-0.25, -0.2) is 8.42 Å². The molecule has 0 spiro atoms. The zero-order valence-corrected chi connectivity index (χ0v) is 13.6. The maximum atomic E-state index is 11.5. The third kappa shape index (κ3) is 5.51. The van der Waals surface area contributed by atoms with Gasteiger partial charge in [0.1, 0.15) is 0 Å². The van der Waals surface area contributed by atoms with Crippen LogP contribution in [-0.4, -0.2) is 40.6 Å². The highest BCUT2D eigenvalue weighted by Crippen LogP contribution is 2.37. The Morgan fingerprint density at radius 1 is 1.20 bits per heavy atom. The van der Waals surface area contributed by atoms with Gasteiger partial charge in [-0.2, -0.15) is 0 Å². The Morgan fingerprint density at radius 2 is 1.90 bits per heavy atom. The Kier molecular flexibility index (Phi) is 6.14. The van der Waals surface area contributed by atoms with Crippen molar-refractivity contribution < 1.29 is 17.9 Å². The van der Waals surface area contributed by atoms with Gasteiger partial charge in [-0.05, 0) is 19.3 Å². The van der Waals surface area contributed by atoms with Gasteiger partial charge in [0.2, 0.25) is 9.05 Å². The molecular weight excluding hydrogens is 300 g/mol. The van der Waals surface area contributed by atoms with E-state index < -0.39 is 9.05 Å². The van der Waals surface area contributed by atoms with E-state index in [-0.39, 0.29) is 11.2 Å². The number of hydrogen-bond acceptors (Lipinski definition) is 4. The second-order valence-corrected chi connectivity index (χ2v) is 9.12. The molecule has 0 radical (unpaired) electrons. The summed E-state index contributed by atoms with van der Waals surface area (Å²) in [5.41, 5.74) is -0.281. The molecule has 2 aliphatic rings. The second-order valence-electron chi connectivity index (χ2n) is 6.34. The molecule has 2 fully saturated rings. The molecule has 1 saturated carbocycles. The van der Waals surface area contributed by atoms with Crippen LogP contribution in [-0.2, 0) is 18.5 Å². The van der Waals surface area contributed by atoms with Gasteiger partial charge >= 0.3 is 0 Å². The van der Waals surface area contributed by atoms with Crippen molar-refractivity contribution in [2.75, 3.05) is 32.2 Å². The molecule has 118 valence electrons. The minimum absolute atomic E-state index is 0.0444. The number of rotatable bonds is 6. The average molecular weight is 325 g/mol. The molecule has 1 aliphatic heterocycles. The summed E-state index contributed by atoms with van der Waals surface area (Å²) in [5, 5.41) is 0. The molecule has 1 heterocycles. The molecule has 2 rings (SSSR count). The van der Waals surface area contributed by atoms with Gasteiger partial charge in [-0.1, -0.05) is 25.7 Å². The van der Waals surface area contributed by atoms with E-state index >= 15 is 0 Å². The fourth-order valence-corrected chi connectivity index (χ4v) is 5.13. The molecule has 4 nitrogen and oxygen atoms in total. The average Bonchev–Trinajstić information content (AvgIpc) is 2.75. The first-order valence-electron chi connectivity index (χ1n) is 7.57. The summed E-state index contributed by atoms with van der Waals surface area (Å²) in [6, 6.07) is 0. The third-order valence-corrected chi connectivity index (χ3v) is 5.71. The largest absolute Gasteiger partial charge is 0.381 e. The van der Waals surface area contributed by atoms with Crippen LogP contribution in [0.5, 0.6) is 0 Å². The quantitative estimate of drug-likeness (QED) is 0.557. The number of halogens is 1. The summed E-state index contributed by atoms with van der Waals surface area (Å²) in [4.78, 5) is 0. The first-order valence-corrected chi connectivity index (χ1v) is 10.0. The van der Waals surface area contributed by atoms with Crippen molar-refractivity contribution in [3.05, 3.63) is 0 Å². The molecule has 0 bridgehead atoms. The first kappa shape index (κ1) is 16.5. The highest BCUT2D eigenvalue weighted by atomic mass is 35.7. The highest BCUT2D eigenvalue weighted by Gasteiger charge is 2.36. The maximum Gasteiger partial charge on any atom is 0.233 e. The molecule has 1 atom stereocenters. The fourth-order valence-electron chi connectivity index (χ4n) is 3.33. The van der Waals surface area contributed by atoms with Crippen LogP contribution >= 0.6 is 10.7 Å². The Bertz CT molecular complexity index is 382. The molecule has 0 aromatic rings. The zero-order valence-electron chi connectivity index (χ0n) is 12.0. The van der Waals surface area contributed by atoms with E-state index in [1.54, 1.807) is 0 Å². The van der Waals surface area contributed by atoms with Crippen molar-refractivity contribution in [2.24, 2.45) is 11.3 Å². The van der Waals surface area contributed by atoms with E-state index in [0.29, 0.717) is 19.1 Å². The zero-order chi connectivity index (χ0) is 14.5. The topological polar surface area (TPSA) is 52.6 Å². The maximum absolute atomic E-state index is 11.5. The van der Waals surface area contributed by atoms with Gasteiger partial charge in [-0.3, -0.25) is 0 Å². The summed E-state index contributed by atoms with van der Waals surface area (Å²) in [7, 11) is 2.03. The lowest BCUT2D eigenvalue weighted by Gasteiger charge is -2.31. The summed E-state index contributed by atoms with van der Waals surface area (Å²) >= 11 is 0. The van der Waals surface area contributed by atoms with Crippen LogP contribution in [0.15, 0.2) is 0 Å². The van der Waals surface area contributed by atoms with Crippen molar-refractivity contribution in [1.29, 1.82) is 0 Å². The van der Waals surface area contributed by atoms with Crippen LogP contribution in [0.4, 0.5) is 0 Å². The minimum Gasteiger partial charge on any atom is -0.381 e. The normalized spacial score (nSPS) is 27.4. The molecule has 1 saturated heterocycles. The van der Waals surface area contributed by atoms with Gasteiger partial charge in [0.15, 0.2) is 0 Å². The van der Waals surface area contributed by atoms with Crippen LogP contribution in [0.2, 0.25) is 0 Å². The van der Waals surface area contributed by atoms with Crippen molar-refractivity contribution >= 4 is 19.7 Å². The molecular formula is C14H25ClO4S. The predicted molar refractivity (Wildman–Crippen MR) is 79.5 cm³/mol. The van der Waals surface area contributed by atoms with E-state index in [2.05, 4.69) is 0 Å². The molecule has 0 aromatic carbocycles.